The molecule has 1 aliphatic rings. The van der Waals surface area contributed by atoms with Crippen LogP contribution in [-0.2, 0) is 4.74 Å². The number of nitrogen functional groups attached to an aromatic ring is 1. The Morgan fingerprint density at radius 2 is 2.22 bits per heavy atom. The quantitative estimate of drug-likeness (QED) is 0.806. The molecule has 0 saturated heterocycles. The molecule has 0 heterocycles. The van der Waals surface area contributed by atoms with Gasteiger partial charge in [-0.25, -0.2) is 0 Å². The normalized spacial score (nSPS) is 16.6. The van der Waals surface area contributed by atoms with Crippen LogP contribution in [0.15, 0.2) is 18.2 Å². The lowest BCUT2D eigenvalue weighted by molar-refractivity contribution is 0.203. The number of anilines is 2. The lowest BCUT2D eigenvalue weighted by atomic mass is 10.1. The fraction of sp³-hybridized carbons (Fsp3) is 0.571. The molecule has 3 nitrogen and oxygen atoms in total. The van der Waals surface area contributed by atoms with Gasteiger partial charge in [0.25, 0.3) is 0 Å². The monoisotopic (exact) mass is 268 g/mol. The molecular formula is C14H21ClN2O. The standard InChI is InChI=1S/C14H21ClN2O/c1-10(11-3-4-11)17(7-8-18-2)14-6-5-12(15)9-13(14)16/h5-6,9-11H,3-4,7-8,16H2,1-2H3. The van der Waals surface area contributed by atoms with Crippen LogP contribution in [0, 0.1) is 5.92 Å². The minimum atomic E-state index is 0.503. The minimum absolute atomic E-state index is 0.503. The molecule has 0 aromatic heterocycles. The van der Waals surface area contributed by atoms with E-state index in [9.17, 15) is 0 Å². The Labute approximate surface area is 114 Å². The molecule has 4 heteroatoms. The highest BCUT2D eigenvalue weighted by molar-refractivity contribution is 6.31. The van der Waals surface area contributed by atoms with Gasteiger partial charge >= 0.3 is 0 Å². The van der Waals surface area contributed by atoms with E-state index in [0.29, 0.717) is 17.7 Å². The third kappa shape index (κ3) is 3.09. The van der Waals surface area contributed by atoms with E-state index in [1.807, 2.05) is 18.2 Å². The lowest BCUT2D eigenvalue weighted by Gasteiger charge is -2.32. The highest BCUT2D eigenvalue weighted by Crippen LogP contribution is 2.38. The molecule has 0 amide bonds. The van der Waals surface area contributed by atoms with Crippen LogP contribution in [-0.4, -0.2) is 26.3 Å². The fourth-order valence-corrected chi connectivity index (χ4v) is 2.53. The zero-order valence-electron chi connectivity index (χ0n) is 11.0. The summed E-state index contributed by atoms with van der Waals surface area (Å²) >= 11 is 5.96. The molecule has 1 aromatic rings. The number of halogens is 1. The van der Waals surface area contributed by atoms with Crippen molar-refractivity contribution in [3.05, 3.63) is 23.2 Å². The van der Waals surface area contributed by atoms with Crippen molar-refractivity contribution in [3.63, 3.8) is 0 Å². The van der Waals surface area contributed by atoms with E-state index in [4.69, 9.17) is 22.1 Å². The smallest absolute Gasteiger partial charge is 0.0637 e. The van der Waals surface area contributed by atoms with Gasteiger partial charge in [0.05, 0.1) is 18.0 Å². The average molecular weight is 269 g/mol. The van der Waals surface area contributed by atoms with Crippen molar-refractivity contribution in [3.8, 4) is 0 Å². The largest absolute Gasteiger partial charge is 0.397 e. The molecule has 100 valence electrons. The van der Waals surface area contributed by atoms with E-state index in [1.165, 1.54) is 12.8 Å². The Morgan fingerprint density at radius 3 is 2.78 bits per heavy atom. The molecule has 0 spiro atoms. The zero-order chi connectivity index (χ0) is 13.1. The van der Waals surface area contributed by atoms with Gasteiger partial charge < -0.3 is 15.4 Å². The van der Waals surface area contributed by atoms with E-state index in [-0.39, 0.29) is 0 Å². The SMILES string of the molecule is COCCN(c1ccc(Cl)cc1N)C(C)C1CC1. The van der Waals surface area contributed by atoms with Crippen LogP contribution in [0.5, 0.6) is 0 Å². The number of hydrogen-bond acceptors (Lipinski definition) is 3. The van der Waals surface area contributed by atoms with Gasteiger partial charge in [-0.3, -0.25) is 0 Å². The number of methoxy groups -OCH3 is 1. The van der Waals surface area contributed by atoms with Crippen molar-refractivity contribution >= 4 is 23.0 Å². The highest BCUT2D eigenvalue weighted by atomic mass is 35.5. The van der Waals surface area contributed by atoms with E-state index < -0.39 is 0 Å². The number of rotatable bonds is 6. The summed E-state index contributed by atoms with van der Waals surface area (Å²) in [7, 11) is 1.73. The summed E-state index contributed by atoms with van der Waals surface area (Å²) in [5, 5.41) is 0.682. The molecule has 2 N–H and O–H groups in total. The number of nitrogens with zero attached hydrogens (tertiary/aromatic N) is 1. The Bertz CT molecular complexity index is 407. The minimum Gasteiger partial charge on any atom is -0.397 e. The Morgan fingerprint density at radius 1 is 1.50 bits per heavy atom. The molecule has 0 aliphatic heterocycles. The third-order valence-electron chi connectivity index (χ3n) is 3.63. The van der Waals surface area contributed by atoms with Gasteiger partial charge in [0.15, 0.2) is 0 Å². The van der Waals surface area contributed by atoms with Crippen LogP contribution < -0.4 is 10.6 Å². The van der Waals surface area contributed by atoms with Crippen molar-refractivity contribution in [2.75, 3.05) is 30.9 Å². The van der Waals surface area contributed by atoms with Crippen molar-refractivity contribution in [2.45, 2.75) is 25.8 Å². The van der Waals surface area contributed by atoms with Crippen LogP contribution in [0.2, 0.25) is 5.02 Å². The number of nitrogens with two attached hydrogens (primary N) is 1. The second-order valence-corrected chi connectivity index (χ2v) is 5.40. The molecule has 1 saturated carbocycles. The summed E-state index contributed by atoms with van der Waals surface area (Å²) in [4.78, 5) is 2.34. The molecule has 1 aromatic carbocycles. The Hall–Kier alpha value is -0.930. The van der Waals surface area contributed by atoms with Gasteiger partial charge in [-0.05, 0) is 43.9 Å². The lowest BCUT2D eigenvalue weighted by Crippen LogP contribution is -2.37. The van der Waals surface area contributed by atoms with Crippen molar-refractivity contribution in [1.82, 2.24) is 0 Å². The van der Waals surface area contributed by atoms with Gasteiger partial charge in [-0.1, -0.05) is 11.6 Å². The van der Waals surface area contributed by atoms with Crippen LogP contribution >= 0.6 is 11.6 Å². The molecule has 1 unspecified atom stereocenters. The van der Waals surface area contributed by atoms with E-state index >= 15 is 0 Å². The summed E-state index contributed by atoms with van der Waals surface area (Å²) in [5.74, 6) is 0.789. The molecule has 0 bridgehead atoms. The van der Waals surface area contributed by atoms with E-state index in [0.717, 1.165) is 23.8 Å². The van der Waals surface area contributed by atoms with Crippen molar-refractivity contribution in [2.24, 2.45) is 5.92 Å². The summed E-state index contributed by atoms with van der Waals surface area (Å²) < 4.78 is 5.20. The second-order valence-electron chi connectivity index (χ2n) is 4.97. The maximum Gasteiger partial charge on any atom is 0.0637 e. The molecule has 1 aliphatic carbocycles. The maximum atomic E-state index is 6.09. The van der Waals surface area contributed by atoms with Crippen LogP contribution in [0.4, 0.5) is 11.4 Å². The van der Waals surface area contributed by atoms with Gasteiger partial charge in [0.2, 0.25) is 0 Å². The van der Waals surface area contributed by atoms with Gasteiger partial charge in [-0.15, -0.1) is 0 Å². The summed E-state index contributed by atoms with van der Waals surface area (Å²) in [6.45, 7) is 3.83. The Kier molecular flexibility index (Phi) is 4.36. The zero-order valence-corrected chi connectivity index (χ0v) is 11.8. The predicted molar refractivity (Wildman–Crippen MR) is 77.3 cm³/mol. The molecule has 2 rings (SSSR count). The van der Waals surface area contributed by atoms with Crippen LogP contribution in [0.3, 0.4) is 0 Å². The average Bonchev–Trinajstić information content (AvgIpc) is 3.15. The first kappa shape index (κ1) is 13.5. The van der Waals surface area contributed by atoms with E-state index in [2.05, 4.69) is 11.8 Å². The predicted octanol–water partition coefficient (Wildman–Crippen LogP) is 3.17. The van der Waals surface area contributed by atoms with E-state index in [1.54, 1.807) is 7.11 Å². The molecule has 1 atom stereocenters. The van der Waals surface area contributed by atoms with Crippen molar-refractivity contribution < 1.29 is 4.74 Å². The molecule has 1 fully saturated rings. The number of hydrogen-bond donors (Lipinski definition) is 1. The maximum absolute atomic E-state index is 6.09. The second kappa shape index (κ2) is 5.81. The Balaban J connectivity index is 2.20. The molecular weight excluding hydrogens is 248 g/mol. The number of benzene rings is 1. The van der Waals surface area contributed by atoms with Gasteiger partial charge in [0, 0.05) is 24.7 Å². The van der Waals surface area contributed by atoms with Crippen LogP contribution in [0.25, 0.3) is 0 Å². The first-order valence-corrected chi connectivity index (χ1v) is 6.82. The molecule has 18 heavy (non-hydrogen) atoms. The fourth-order valence-electron chi connectivity index (χ4n) is 2.35. The number of ether oxygens (including phenoxy) is 1. The van der Waals surface area contributed by atoms with Crippen LogP contribution in [0.1, 0.15) is 19.8 Å². The third-order valence-corrected chi connectivity index (χ3v) is 3.87. The molecule has 0 radical (unpaired) electrons. The highest BCUT2D eigenvalue weighted by Gasteiger charge is 2.32. The summed E-state index contributed by atoms with van der Waals surface area (Å²) in [5.41, 5.74) is 7.89. The van der Waals surface area contributed by atoms with Crippen molar-refractivity contribution in [1.29, 1.82) is 0 Å². The summed E-state index contributed by atoms with van der Waals surface area (Å²) in [6.07, 6.45) is 2.64. The van der Waals surface area contributed by atoms with Gasteiger partial charge in [0.1, 0.15) is 0 Å². The topological polar surface area (TPSA) is 38.5 Å². The first-order chi connectivity index (χ1) is 8.63. The summed E-state index contributed by atoms with van der Waals surface area (Å²) in [6, 6.07) is 6.22. The van der Waals surface area contributed by atoms with Gasteiger partial charge in [-0.2, -0.15) is 0 Å². The first-order valence-electron chi connectivity index (χ1n) is 6.44.